The van der Waals surface area contributed by atoms with Gasteiger partial charge in [0.2, 0.25) is 0 Å². The van der Waals surface area contributed by atoms with Gasteiger partial charge in [0.1, 0.15) is 11.9 Å². The molecule has 108 valence electrons. The summed E-state index contributed by atoms with van der Waals surface area (Å²) in [6, 6.07) is 3.32. The summed E-state index contributed by atoms with van der Waals surface area (Å²) in [4.78, 5) is 10.3. The van der Waals surface area contributed by atoms with E-state index in [0.717, 1.165) is 0 Å². The van der Waals surface area contributed by atoms with Gasteiger partial charge in [-0.15, -0.1) is 0 Å². The van der Waals surface area contributed by atoms with Gasteiger partial charge in [0.25, 0.3) is 5.69 Å². The maximum atomic E-state index is 10.8. The second-order valence-corrected chi connectivity index (χ2v) is 4.69. The van der Waals surface area contributed by atoms with E-state index >= 15 is 0 Å². The van der Waals surface area contributed by atoms with Gasteiger partial charge in [0.05, 0.1) is 24.2 Å². The molecule has 0 bridgehead atoms. The number of nitro benzene ring substituents is 1. The summed E-state index contributed by atoms with van der Waals surface area (Å²) >= 11 is 0. The zero-order valence-corrected chi connectivity index (χ0v) is 10.5. The van der Waals surface area contributed by atoms with Crippen LogP contribution in [0.4, 0.5) is 5.69 Å². The predicted octanol–water partition coefficient (Wildman–Crippen LogP) is 0.0894. The van der Waals surface area contributed by atoms with Crippen LogP contribution < -0.4 is 10.5 Å². The molecule has 20 heavy (non-hydrogen) atoms. The number of nitrogens with zero attached hydrogens (tertiary/aromatic N) is 1. The first-order chi connectivity index (χ1) is 9.58. The highest BCUT2D eigenvalue weighted by atomic mass is 16.7. The number of rotatable bonds is 2. The van der Waals surface area contributed by atoms with E-state index < -0.39 is 29.5 Å². The van der Waals surface area contributed by atoms with Crippen LogP contribution in [0.5, 0.6) is 5.75 Å². The van der Waals surface area contributed by atoms with Crippen LogP contribution in [0.3, 0.4) is 0 Å². The minimum Gasteiger partial charge on any atom is -0.482 e. The molecule has 1 fully saturated rings. The molecule has 2 aliphatic heterocycles. The van der Waals surface area contributed by atoms with Gasteiger partial charge in [0, 0.05) is 17.7 Å². The number of nitro groups is 1. The summed E-state index contributed by atoms with van der Waals surface area (Å²) in [5, 5.41) is 21.0. The Morgan fingerprint density at radius 2 is 2.05 bits per heavy atom. The monoisotopic (exact) mass is 282 g/mol. The molecule has 0 aromatic heterocycles. The van der Waals surface area contributed by atoms with Gasteiger partial charge in [-0.3, -0.25) is 10.1 Å². The van der Waals surface area contributed by atoms with Gasteiger partial charge in [-0.2, -0.15) is 0 Å². The summed E-state index contributed by atoms with van der Waals surface area (Å²) in [5.41, 5.74) is 6.26. The van der Waals surface area contributed by atoms with Crippen molar-refractivity contribution in [1.29, 1.82) is 0 Å². The molecule has 1 aromatic rings. The summed E-state index contributed by atoms with van der Waals surface area (Å²) in [6.07, 6.45) is -2.49. The van der Waals surface area contributed by atoms with E-state index in [-0.39, 0.29) is 5.69 Å². The molecule has 3 unspecified atom stereocenters. The molecular weight excluding hydrogens is 268 g/mol. The minimum atomic E-state index is -1.06. The number of aliphatic hydroxyl groups is 1. The number of hydrogen-bond donors (Lipinski definition) is 2. The SMILES string of the molecule is NC1c2cc([N+](=O)[O-])ccc2OC(C2OCCO2)C1O. The molecule has 2 heterocycles. The Hall–Kier alpha value is -1.74. The topological polar surface area (TPSA) is 117 Å². The number of benzene rings is 1. The molecule has 1 aromatic carbocycles. The Bertz CT molecular complexity index is 531. The predicted molar refractivity (Wildman–Crippen MR) is 66.1 cm³/mol. The third-order valence-electron chi connectivity index (χ3n) is 3.45. The van der Waals surface area contributed by atoms with Gasteiger partial charge >= 0.3 is 0 Å². The zero-order valence-electron chi connectivity index (χ0n) is 10.5. The van der Waals surface area contributed by atoms with Crippen molar-refractivity contribution < 1.29 is 24.2 Å². The third-order valence-corrected chi connectivity index (χ3v) is 3.45. The maximum Gasteiger partial charge on any atom is 0.270 e. The van der Waals surface area contributed by atoms with Crippen LogP contribution >= 0.6 is 0 Å². The fraction of sp³-hybridized carbons (Fsp3) is 0.500. The van der Waals surface area contributed by atoms with Gasteiger partial charge in [-0.25, -0.2) is 0 Å². The lowest BCUT2D eigenvalue weighted by molar-refractivity contribution is -0.385. The Balaban J connectivity index is 1.92. The summed E-state index contributed by atoms with van der Waals surface area (Å²) in [7, 11) is 0. The van der Waals surface area contributed by atoms with E-state index in [1.807, 2.05) is 0 Å². The molecule has 0 spiro atoms. The van der Waals surface area contributed by atoms with Crippen LogP contribution in [0.2, 0.25) is 0 Å². The van der Waals surface area contributed by atoms with E-state index in [2.05, 4.69) is 0 Å². The van der Waals surface area contributed by atoms with Crippen LogP contribution in [0.25, 0.3) is 0 Å². The van der Waals surface area contributed by atoms with Crippen molar-refractivity contribution in [2.75, 3.05) is 13.2 Å². The van der Waals surface area contributed by atoms with Crippen molar-refractivity contribution in [3.63, 3.8) is 0 Å². The Kier molecular flexibility index (Phi) is 3.30. The number of nitrogens with two attached hydrogens (primary N) is 1. The molecule has 1 saturated heterocycles. The Labute approximate surface area is 114 Å². The van der Waals surface area contributed by atoms with Crippen LogP contribution in [-0.4, -0.2) is 41.7 Å². The van der Waals surface area contributed by atoms with E-state index in [1.54, 1.807) is 0 Å². The lowest BCUT2D eigenvalue weighted by Crippen LogP contribution is -2.50. The average molecular weight is 282 g/mol. The summed E-state index contributed by atoms with van der Waals surface area (Å²) in [5.74, 6) is 0.400. The second-order valence-electron chi connectivity index (χ2n) is 4.69. The van der Waals surface area contributed by atoms with Crippen molar-refractivity contribution in [2.24, 2.45) is 5.73 Å². The molecule has 8 nitrogen and oxygen atoms in total. The molecule has 8 heteroatoms. The quantitative estimate of drug-likeness (QED) is 0.583. The van der Waals surface area contributed by atoms with Gasteiger partial charge in [-0.1, -0.05) is 0 Å². The molecule has 3 rings (SSSR count). The number of ether oxygens (including phenoxy) is 3. The number of aliphatic hydroxyl groups excluding tert-OH is 1. The normalized spacial score (nSPS) is 29.8. The molecule has 2 aliphatic rings. The molecular formula is C12H14N2O6. The Morgan fingerprint density at radius 3 is 2.70 bits per heavy atom. The Morgan fingerprint density at radius 1 is 1.35 bits per heavy atom. The first-order valence-corrected chi connectivity index (χ1v) is 6.20. The van der Waals surface area contributed by atoms with Gasteiger partial charge in [-0.05, 0) is 6.07 Å². The fourth-order valence-corrected chi connectivity index (χ4v) is 2.40. The highest BCUT2D eigenvalue weighted by molar-refractivity contribution is 5.47. The molecule has 0 amide bonds. The molecule has 0 saturated carbocycles. The van der Waals surface area contributed by atoms with Crippen molar-refractivity contribution in [3.05, 3.63) is 33.9 Å². The van der Waals surface area contributed by atoms with Crippen molar-refractivity contribution in [2.45, 2.75) is 24.5 Å². The molecule has 0 radical (unpaired) electrons. The lowest BCUT2D eigenvalue weighted by atomic mass is 9.93. The first-order valence-electron chi connectivity index (χ1n) is 6.20. The van der Waals surface area contributed by atoms with Gasteiger partial charge in [0.15, 0.2) is 12.4 Å². The summed E-state index contributed by atoms with van der Waals surface area (Å²) < 4.78 is 16.3. The first kappa shape index (κ1) is 13.3. The average Bonchev–Trinajstić information content (AvgIpc) is 2.96. The fourth-order valence-electron chi connectivity index (χ4n) is 2.40. The van der Waals surface area contributed by atoms with Crippen LogP contribution in [0.15, 0.2) is 18.2 Å². The van der Waals surface area contributed by atoms with Crippen molar-refractivity contribution in [1.82, 2.24) is 0 Å². The molecule has 0 aliphatic carbocycles. The number of non-ortho nitro benzene ring substituents is 1. The van der Waals surface area contributed by atoms with Crippen LogP contribution in [0, 0.1) is 10.1 Å². The van der Waals surface area contributed by atoms with E-state index in [1.165, 1.54) is 18.2 Å². The second kappa shape index (κ2) is 4.98. The van der Waals surface area contributed by atoms with E-state index in [9.17, 15) is 15.2 Å². The third kappa shape index (κ3) is 2.12. The van der Waals surface area contributed by atoms with Gasteiger partial charge < -0.3 is 25.1 Å². The number of hydrogen-bond acceptors (Lipinski definition) is 7. The lowest BCUT2D eigenvalue weighted by Gasteiger charge is -2.36. The number of fused-ring (bicyclic) bond motifs is 1. The maximum absolute atomic E-state index is 10.8. The zero-order chi connectivity index (χ0) is 14.3. The highest BCUT2D eigenvalue weighted by Crippen LogP contribution is 2.37. The molecule has 3 atom stereocenters. The smallest absolute Gasteiger partial charge is 0.270 e. The van der Waals surface area contributed by atoms with E-state index in [4.69, 9.17) is 19.9 Å². The standard InChI is InChI=1S/C12H14N2O6/c13-9-7-5-6(14(16)17)1-2-8(7)20-11(10(9)15)12-18-3-4-19-12/h1-2,5,9-12,15H,3-4,13H2. The van der Waals surface area contributed by atoms with Crippen molar-refractivity contribution in [3.8, 4) is 5.75 Å². The van der Waals surface area contributed by atoms with Crippen molar-refractivity contribution >= 4 is 5.69 Å². The minimum absolute atomic E-state index is 0.0955. The van der Waals surface area contributed by atoms with E-state index in [0.29, 0.717) is 24.5 Å². The van der Waals surface area contributed by atoms with Crippen LogP contribution in [0.1, 0.15) is 11.6 Å². The summed E-state index contributed by atoms with van der Waals surface area (Å²) in [6.45, 7) is 0.860. The van der Waals surface area contributed by atoms with Crippen LogP contribution in [-0.2, 0) is 9.47 Å². The largest absolute Gasteiger partial charge is 0.482 e. The highest BCUT2D eigenvalue weighted by Gasteiger charge is 2.42. The molecule has 3 N–H and O–H groups in total.